The Kier molecular flexibility index (Phi) is 7.92. The van der Waals surface area contributed by atoms with Crippen molar-refractivity contribution in [3.05, 3.63) is 89.7 Å². The maximum Gasteiger partial charge on any atom is 0.305 e. The van der Waals surface area contributed by atoms with E-state index in [0.717, 1.165) is 16.8 Å². The third kappa shape index (κ3) is 6.58. The van der Waals surface area contributed by atoms with Crippen LogP contribution in [0.3, 0.4) is 0 Å². The highest BCUT2D eigenvalue weighted by Crippen LogP contribution is 2.29. The van der Waals surface area contributed by atoms with E-state index in [1.807, 2.05) is 36.4 Å². The summed E-state index contributed by atoms with van der Waals surface area (Å²) in [6.45, 7) is 4.29. The topological polar surface area (TPSA) is 117 Å². The zero-order chi connectivity index (χ0) is 26.4. The number of carbonyl (C=O) groups is 2. The van der Waals surface area contributed by atoms with Gasteiger partial charge in [0.15, 0.2) is 0 Å². The number of carboxylic acid groups (broad SMARTS) is 1. The monoisotopic (exact) mass is 502 g/mol. The number of carbonyl (C=O) groups excluding carboxylic acids is 1. The summed E-state index contributed by atoms with van der Waals surface area (Å²) < 4.78 is 18.9. The molecule has 0 bridgehead atoms. The number of carboxylic acids is 1. The van der Waals surface area contributed by atoms with Gasteiger partial charge in [-0.05, 0) is 72.1 Å². The first-order valence-electron chi connectivity index (χ1n) is 11.9. The molecule has 0 saturated carbocycles. The third-order valence-electron chi connectivity index (χ3n) is 5.79. The fraction of sp³-hybridized carbons (Fsp3) is 0.214. The Balaban J connectivity index is 1.42. The van der Waals surface area contributed by atoms with Crippen molar-refractivity contribution < 1.29 is 23.5 Å². The van der Waals surface area contributed by atoms with E-state index in [1.165, 1.54) is 12.1 Å². The molecule has 0 spiro atoms. The predicted molar refractivity (Wildman–Crippen MR) is 137 cm³/mol. The van der Waals surface area contributed by atoms with E-state index in [9.17, 15) is 14.0 Å². The van der Waals surface area contributed by atoms with Crippen molar-refractivity contribution in [1.29, 1.82) is 0 Å². The summed E-state index contributed by atoms with van der Waals surface area (Å²) in [5.74, 6) is -0.660. The van der Waals surface area contributed by atoms with Gasteiger partial charge in [0.1, 0.15) is 5.82 Å². The van der Waals surface area contributed by atoms with Gasteiger partial charge in [-0.15, -0.1) is 10.2 Å². The quantitative estimate of drug-likeness (QED) is 0.260. The molecule has 1 unspecified atom stereocenters. The molecular formula is C28H27FN4O4. The largest absolute Gasteiger partial charge is 0.481 e. The van der Waals surface area contributed by atoms with Gasteiger partial charge in [0, 0.05) is 28.9 Å². The van der Waals surface area contributed by atoms with Crippen LogP contribution in [0, 0.1) is 11.7 Å². The Labute approximate surface area is 213 Å². The molecule has 3 aromatic carbocycles. The van der Waals surface area contributed by atoms with Crippen molar-refractivity contribution in [3.8, 4) is 22.9 Å². The average molecular weight is 503 g/mol. The summed E-state index contributed by atoms with van der Waals surface area (Å²) in [7, 11) is 0. The Bertz CT molecular complexity index is 1350. The van der Waals surface area contributed by atoms with E-state index in [1.54, 1.807) is 24.3 Å². The van der Waals surface area contributed by atoms with E-state index in [-0.39, 0.29) is 36.6 Å². The van der Waals surface area contributed by atoms with Crippen molar-refractivity contribution in [3.63, 3.8) is 0 Å². The van der Waals surface area contributed by atoms with Gasteiger partial charge in [-0.3, -0.25) is 9.59 Å². The molecule has 4 rings (SSSR count). The number of nitrogens with zero attached hydrogens (tertiary/aromatic N) is 2. The van der Waals surface area contributed by atoms with Gasteiger partial charge >= 0.3 is 5.97 Å². The smallest absolute Gasteiger partial charge is 0.305 e. The Hall–Kier alpha value is -4.53. The van der Waals surface area contributed by atoms with Gasteiger partial charge < -0.3 is 20.2 Å². The van der Waals surface area contributed by atoms with Crippen LogP contribution in [0.5, 0.6) is 0 Å². The number of aromatic nitrogens is 2. The first-order chi connectivity index (χ1) is 17.8. The number of anilines is 1. The number of hydrogen-bond acceptors (Lipinski definition) is 6. The minimum absolute atomic E-state index is 0.0107. The van der Waals surface area contributed by atoms with Gasteiger partial charge in [0.2, 0.25) is 11.8 Å². The van der Waals surface area contributed by atoms with Gasteiger partial charge in [-0.1, -0.05) is 26.0 Å². The standard InChI is InChI=1S/C28H27FN4O4/c1-17(2)25(18-3-5-19(6-4-18)26(36)30-16-15-24(34)35)31-23-13-9-21(10-14-23)28-33-32-27(37-28)20-7-11-22(29)12-8-20/h3-14,17,25,31H,15-16H2,1-2H3,(H,30,36)(H,34,35). The van der Waals surface area contributed by atoms with Crippen LogP contribution in [0.4, 0.5) is 10.1 Å². The van der Waals surface area contributed by atoms with Gasteiger partial charge in [-0.2, -0.15) is 0 Å². The molecular weight excluding hydrogens is 475 g/mol. The molecule has 0 aliphatic heterocycles. The second-order valence-electron chi connectivity index (χ2n) is 8.88. The SMILES string of the molecule is CC(C)C(Nc1ccc(-c2nnc(-c3ccc(F)cc3)o2)cc1)c1ccc(C(=O)NCCC(=O)O)cc1. The van der Waals surface area contributed by atoms with Crippen LogP contribution in [-0.4, -0.2) is 33.7 Å². The van der Waals surface area contributed by atoms with Crippen LogP contribution in [0.25, 0.3) is 22.9 Å². The van der Waals surface area contributed by atoms with E-state index in [4.69, 9.17) is 9.52 Å². The highest BCUT2D eigenvalue weighted by Gasteiger charge is 2.17. The number of aliphatic carboxylic acids is 1. The number of hydrogen-bond donors (Lipinski definition) is 3. The van der Waals surface area contributed by atoms with Crippen LogP contribution in [0.2, 0.25) is 0 Å². The van der Waals surface area contributed by atoms with Crippen LogP contribution in [0.1, 0.15) is 42.2 Å². The molecule has 1 heterocycles. The second kappa shape index (κ2) is 11.5. The minimum atomic E-state index is -0.957. The number of benzene rings is 3. The first kappa shape index (κ1) is 25.6. The summed E-state index contributed by atoms with van der Waals surface area (Å²) >= 11 is 0. The van der Waals surface area contributed by atoms with E-state index >= 15 is 0 Å². The normalized spacial score (nSPS) is 11.8. The maximum absolute atomic E-state index is 13.2. The zero-order valence-electron chi connectivity index (χ0n) is 20.4. The number of halogens is 1. The number of nitrogens with one attached hydrogen (secondary N) is 2. The molecule has 0 radical (unpaired) electrons. The molecule has 0 aliphatic rings. The predicted octanol–water partition coefficient (Wildman–Crippen LogP) is 5.56. The second-order valence-corrected chi connectivity index (χ2v) is 8.88. The highest BCUT2D eigenvalue weighted by molar-refractivity contribution is 5.94. The lowest BCUT2D eigenvalue weighted by atomic mass is 9.94. The molecule has 3 N–H and O–H groups in total. The number of rotatable bonds is 10. The highest BCUT2D eigenvalue weighted by atomic mass is 19.1. The maximum atomic E-state index is 13.2. The summed E-state index contributed by atoms with van der Waals surface area (Å²) in [4.78, 5) is 22.9. The van der Waals surface area contributed by atoms with E-state index < -0.39 is 5.97 Å². The van der Waals surface area contributed by atoms with Crippen LogP contribution in [-0.2, 0) is 4.79 Å². The molecule has 0 fully saturated rings. The fourth-order valence-electron chi connectivity index (χ4n) is 3.80. The Morgan fingerprint density at radius 1 is 0.892 bits per heavy atom. The minimum Gasteiger partial charge on any atom is -0.481 e. The van der Waals surface area contributed by atoms with Crippen molar-refractivity contribution in [2.75, 3.05) is 11.9 Å². The van der Waals surface area contributed by atoms with Crippen LogP contribution in [0.15, 0.2) is 77.2 Å². The van der Waals surface area contributed by atoms with Crippen molar-refractivity contribution >= 4 is 17.6 Å². The summed E-state index contributed by atoms with van der Waals surface area (Å²) in [6, 6.07) is 20.7. The molecule has 1 aromatic heterocycles. The molecule has 37 heavy (non-hydrogen) atoms. The average Bonchev–Trinajstić information content (AvgIpc) is 3.38. The van der Waals surface area contributed by atoms with Gasteiger partial charge in [0.25, 0.3) is 5.91 Å². The third-order valence-corrected chi connectivity index (χ3v) is 5.79. The Morgan fingerprint density at radius 3 is 2.00 bits per heavy atom. The molecule has 4 aromatic rings. The molecule has 9 heteroatoms. The number of amides is 1. The van der Waals surface area contributed by atoms with E-state index in [2.05, 4.69) is 34.7 Å². The molecule has 8 nitrogen and oxygen atoms in total. The molecule has 190 valence electrons. The van der Waals surface area contributed by atoms with Crippen LogP contribution < -0.4 is 10.6 Å². The van der Waals surface area contributed by atoms with Crippen molar-refractivity contribution in [1.82, 2.24) is 15.5 Å². The van der Waals surface area contributed by atoms with Crippen molar-refractivity contribution in [2.45, 2.75) is 26.3 Å². The molecule has 1 amide bonds. The fourth-order valence-corrected chi connectivity index (χ4v) is 3.80. The Morgan fingerprint density at radius 2 is 1.46 bits per heavy atom. The van der Waals surface area contributed by atoms with E-state index in [0.29, 0.717) is 22.9 Å². The first-order valence-corrected chi connectivity index (χ1v) is 11.9. The molecule has 0 aliphatic carbocycles. The summed E-state index contributed by atoms with van der Waals surface area (Å²) in [5, 5.41) is 23.0. The van der Waals surface area contributed by atoms with Gasteiger partial charge in [-0.25, -0.2) is 4.39 Å². The summed E-state index contributed by atoms with van der Waals surface area (Å²) in [6.07, 6.45) is -0.121. The molecule has 1 atom stereocenters. The zero-order valence-corrected chi connectivity index (χ0v) is 20.4. The van der Waals surface area contributed by atoms with Crippen LogP contribution >= 0.6 is 0 Å². The van der Waals surface area contributed by atoms with Gasteiger partial charge in [0.05, 0.1) is 12.5 Å². The van der Waals surface area contributed by atoms with Crippen molar-refractivity contribution in [2.24, 2.45) is 5.92 Å². The lowest BCUT2D eigenvalue weighted by Gasteiger charge is -2.24. The molecule has 0 saturated heterocycles. The lowest BCUT2D eigenvalue weighted by molar-refractivity contribution is -0.136. The summed E-state index contributed by atoms with van der Waals surface area (Å²) in [5.41, 5.74) is 3.78. The lowest BCUT2D eigenvalue weighted by Crippen LogP contribution is -2.26.